The smallest absolute Gasteiger partial charge is 0.251 e. The fourth-order valence-electron chi connectivity index (χ4n) is 1.76. The van der Waals surface area contributed by atoms with E-state index >= 15 is 0 Å². The number of carbonyl (C=O) groups is 1. The van der Waals surface area contributed by atoms with E-state index in [0.717, 1.165) is 17.3 Å². The Morgan fingerprint density at radius 1 is 1.50 bits per heavy atom. The van der Waals surface area contributed by atoms with Crippen LogP contribution in [0.25, 0.3) is 0 Å². The summed E-state index contributed by atoms with van der Waals surface area (Å²) in [5, 5.41) is 3.37. The fraction of sp³-hybridized carbons (Fsp3) is 0.333. The molecule has 6 heteroatoms. The Labute approximate surface area is 124 Å². The summed E-state index contributed by atoms with van der Waals surface area (Å²) in [7, 11) is 0. The molecule has 0 spiro atoms. The molecule has 1 aromatic carbocycles. The third-order valence-electron chi connectivity index (χ3n) is 2.81. The van der Waals surface area contributed by atoms with Crippen LogP contribution in [-0.2, 0) is 0 Å². The minimum absolute atomic E-state index is 0.206. The van der Waals surface area contributed by atoms with Gasteiger partial charge in [-0.2, -0.15) is 0 Å². The zero-order chi connectivity index (χ0) is 13.3. The van der Waals surface area contributed by atoms with Crippen molar-refractivity contribution in [1.29, 1.82) is 0 Å². The summed E-state index contributed by atoms with van der Waals surface area (Å²) in [6, 6.07) is 4.84. The van der Waals surface area contributed by atoms with Crippen LogP contribution in [0.4, 0.5) is 0 Å². The molecule has 1 aliphatic rings. The molecule has 3 nitrogen and oxygen atoms in total. The van der Waals surface area contributed by atoms with E-state index in [1.54, 1.807) is 18.2 Å². The highest BCUT2D eigenvalue weighted by atomic mass is 79.9. The Morgan fingerprint density at radius 2 is 2.17 bits per heavy atom. The molecule has 1 amide bonds. The molecule has 2 rings (SSSR count). The minimum atomic E-state index is -0.217. The lowest BCUT2D eigenvalue weighted by Crippen LogP contribution is -2.45. The molecule has 1 aliphatic carbocycles. The second-order valence-corrected chi connectivity index (χ2v) is 6.17. The fourth-order valence-corrected chi connectivity index (χ4v) is 2.87. The summed E-state index contributed by atoms with van der Waals surface area (Å²) in [6.07, 6.45) is 2.11. The molecule has 1 fully saturated rings. The van der Waals surface area contributed by atoms with E-state index in [-0.39, 0.29) is 11.9 Å². The molecule has 0 aromatic heterocycles. The summed E-state index contributed by atoms with van der Waals surface area (Å²) in [5.74, 6) is 0.178. The van der Waals surface area contributed by atoms with E-state index in [4.69, 9.17) is 29.6 Å². The number of halogens is 2. The number of rotatable bonds is 4. The largest absolute Gasteiger partial charge is 0.392 e. The Hall–Kier alpha value is -0.650. The Morgan fingerprint density at radius 3 is 2.67 bits per heavy atom. The highest BCUT2D eigenvalue weighted by Gasteiger charge is 2.34. The Bertz CT molecular complexity index is 485. The van der Waals surface area contributed by atoms with Crippen molar-refractivity contribution in [2.75, 3.05) is 0 Å². The molecule has 1 saturated carbocycles. The first kappa shape index (κ1) is 13.8. The van der Waals surface area contributed by atoms with Crippen LogP contribution in [0.3, 0.4) is 0 Å². The van der Waals surface area contributed by atoms with E-state index in [0.29, 0.717) is 21.5 Å². The predicted molar refractivity (Wildman–Crippen MR) is 79.9 cm³/mol. The van der Waals surface area contributed by atoms with Crippen LogP contribution in [0.15, 0.2) is 22.7 Å². The lowest BCUT2D eigenvalue weighted by molar-refractivity contribution is 0.0943. The van der Waals surface area contributed by atoms with Crippen molar-refractivity contribution in [2.24, 2.45) is 11.7 Å². The minimum Gasteiger partial charge on any atom is -0.392 e. The third-order valence-corrected chi connectivity index (χ3v) is 3.74. The van der Waals surface area contributed by atoms with Crippen LogP contribution in [0.2, 0.25) is 5.02 Å². The van der Waals surface area contributed by atoms with Gasteiger partial charge in [-0.05, 0) is 37.0 Å². The summed E-state index contributed by atoms with van der Waals surface area (Å²) in [5.41, 5.74) is 6.14. The maximum atomic E-state index is 12.1. The molecular formula is C12H12BrClN2OS. The van der Waals surface area contributed by atoms with Gasteiger partial charge in [0.05, 0.1) is 11.0 Å². The summed E-state index contributed by atoms with van der Waals surface area (Å²) in [4.78, 5) is 12.4. The first-order chi connectivity index (χ1) is 8.47. The van der Waals surface area contributed by atoms with E-state index in [1.165, 1.54) is 0 Å². The second-order valence-electron chi connectivity index (χ2n) is 4.35. The number of hydrogen-bond acceptors (Lipinski definition) is 2. The molecule has 0 bridgehead atoms. The molecule has 18 heavy (non-hydrogen) atoms. The first-order valence-electron chi connectivity index (χ1n) is 5.53. The first-order valence-corrected chi connectivity index (χ1v) is 7.11. The predicted octanol–water partition coefficient (Wildman–Crippen LogP) is 2.90. The van der Waals surface area contributed by atoms with Gasteiger partial charge in [0.1, 0.15) is 0 Å². The van der Waals surface area contributed by atoms with E-state index in [9.17, 15) is 4.79 Å². The molecule has 0 aliphatic heterocycles. The third kappa shape index (κ3) is 3.43. The van der Waals surface area contributed by atoms with Crippen molar-refractivity contribution in [1.82, 2.24) is 5.32 Å². The van der Waals surface area contributed by atoms with Crippen molar-refractivity contribution in [2.45, 2.75) is 18.9 Å². The van der Waals surface area contributed by atoms with Gasteiger partial charge in [0.2, 0.25) is 0 Å². The molecular weight excluding hydrogens is 336 g/mol. The Balaban J connectivity index is 2.13. The molecule has 0 radical (unpaired) electrons. The van der Waals surface area contributed by atoms with Crippen LogP contribution in [0, 0.1) is 5.92 Å². The summed E-state index contributed by atoms with van der Waals surface area (Å²) >= 11 is 14.2. The van der Waals surface area contributed by atoms with Gasteiger partial charge in [-0.3, -0.25) is 4.79 Å². The van der Waals surface area contributed by atoms with E-state index < -0.39 is 0 Å². The van der Waals surface area contributed by atoms with Crippen molar-refractivity contribution < 1.29 is 4.79 Å². The zero-order valence-electron chi connectivity index (χ0n) is 9.45. The molecule has 1 atom stereocenters. The molecule has 0 saturated heterocycles. The average Bonchev–Trinajstić information content (AvgIpc) is 3.07. The van der Waals surface area contributed by atoms with E-state index in [2.05, 4.69) is 21.2 Å². The molecule has 3 N–H and O–H groups in total. The zero-order valence-corrected chi connectivity index (χ0v) is 12.6. The van der Waals surface area contributed by atoms with Crippen LogP contribution in [-0.4, -0.2) is 16.9 Å². The lowest BCUT2D eigenvalue weighted by Gasteiger charge is -2.16. The van der Waals surface area contributed by atoms with Gasteiger partial charge in [-0.15, -0.1) is 0 Å². The van der Waals surface area contributed by atoms with Gasteiger partial charge in [-0.1, -0.05) is 39.7 Å². The van der Waals surface area contributed by atoms with Gasteiger partial charge in [0, 0.05) is 15.1 Å². The highest BCUT2D eigenvalue weighted by molar-refractivity contribution is 9.10. The number of hydrogen-bond donors (Lipinski definition) is 2. The average molecular weight is 348 g/mol. The number of amides is 1. The van der Waals surface area contributed by atoms with Crippen LogP contribution < -0.4 is 11.1 Å². The van der Waals surface area contributed by atoms with Gasteiger partial charge in [-0.25, -0.2) is 0 Å². The van der Waals surface area contributed by atoms with Crippen molar-refractivity contribution in [3.63, 3.8) is 0 Å². The SMILES string of the molecule is NC(=S)C(NC(=O)c1cc(Cl)cc(Br)c1)C1CC1. The quantitative estimate of drug-likeness (QED) is 0.824. The van der Waals surface area contributed by atoms with Crippen LogP contribution >= 0.6 is 39.7 Å². The summed E-state index contributed by atoms with van der Waals surface area (Å²) in [6.45, 7) is 0. The van der Waals surface area contributed by atoms with E-state index in [1.807, 2.05) is 0 Å². The Kier molecular flexibility index (Phi) is 4.25. The maximum Gasteiger partial charge on any atom is 0.251 e. The molecule has 1 aromatic rings. The topological polar surface area (TPSA) is 55.1 Å². The normalized spacial score (nSPS) is 16.1. The maximum absolute atomic E-state index is 12.1. The highest BCUT2D eigenvalue weighted by Crippen LogP contribution is 2.33. The standard InChI is InChI=1S/C12H12BrClN2OS/c13-8-3-7(4-9(14)5-8)12(17)16-10(11(15)18)6-1-2-6/h3-6,10H,1-2H2,(H2,15,18)(H,16,17). The van der Waals surface area contributed by atoms with Crippen LogP contribution in [0.1, 0.15) is 23.2 Å². The molecule has 0 heterocycles. The molecule has 96 valence electrons. The number of thiocarbonyl (C=S) groups is 1. The summed E-state index contributed by atoms with van der Waals surface area (Å²) < 4.78 is 0.762. The van der Waals surface area contributed by atoms with Crippen molar-refractivity contribution >= 4 is 50.6 Å². The van der Waals surface area contributed by atoms with Gasteiger partial charge >= 0.3 is 0 Å². The molecule has 1 unspecified atom stereocenters. The lowest BCUT2D eigenvalue weighted by atomic mass is 10.1. The number of nitrogens with two attached hydrogens (primary N) is 1. The van der Waals surface area contributed by atoms with Crippen LogP contribution in [0.5, 0.6) is 0 Å². The second kappa shape index (κ2) is 5.55. The number of carbonyl (C=O) groups excluding carboxylic acids is 1. The number of nitrogens with one attached hydrogen (secondary N) is 1. The van der Waals surface area contributed by atoms with Gasteiger partial charge < -0.3 is 11.1 Å². The van der Waals surface area contributed by atoms with Crippen molar-refractivity contribution in [3.05, 3.63) is 33.3 Å². The number of benzene rings is 1. The monoisotopic (exact) mass is 346 g/mol. The van der Waals surface area contributed by atoms with Gasteiger partial charge in [0.15, 0.2) is 0 Å². The van der Waals surface area contributed by atoms with Gasteiger partial charge in [0.25, 0.3) is 5.91 Å². The van der Waals surface area contributed by atoms with Crippen molar-refractivity contribution in [3.8, 4) is 0 Å².